The fourth-order valence-corrected chi connectivity index (χ4v) is 4.87. The van der Waals surface area contributed by atoms with Gasteiger partial charge in [-0.15, -0.1) is 0 Å². The summed E-state index contributed by atoms with van der Waals surface area (Å²) < 4.78 is 40.2. The smallest absolute Gasteiger partial charge is 0.213 e. The Kier molecular flexibility index (Phi) is 5.57. The van der Waals surface area contributed by atoms with Gasteiger partial charge in [-0.1, -0.05) is 18.2 Å². The van der Waals surface area contributed by atoms with Crippen LogP contribution in [0.25, 0.3) is 0 Å². The third kappa shape index (κ3) is 4.28. The van der Waals surface area contributed by atoms with Gasteiger partial charge in [0.15, 0.2) is 0 Å². The number of aryl methyl sites for hydroxylation is 1. The minimum atomic E-state index is -3.19. The Hall–Kier alpha value is -2.06. The maximum Gasteiger partial charge on any atom is 0.213 e. The molecular weight excluding hydrogens is 391 g/mol. The molecule has 0 spiro atoms. The van der Waals surface area contributed by atoms with Gasteiger partial charge in [0.1, 0.15) is 17.5 Å². The molecule has 6 nitrogen and oxygen atoms in total. The topological polar surface area (TPSA) is 66.4 Å². The molecule has 0 unspecified atom stereocenters. The first-order chi connectivity index (χ1) is 13.9. The fourth-order valence-electron chi connectivity index (χ4n) is 3.79. The first-order valence-electron chi connectivity index (χ1n) is 10.2. The molecule has 0 bridgehead atoms. The Morgan fingerprint density at radius 1 is 1.10 bits per heavy atom. The second-order valence-corrected chi connectivity index (χ2v) is 10.1. The standard InChI is InChI=1S/C21H27FN4O2S/c1-3-29(27,28)26-12-10-25(11-13-26)21-18(14-17-6-4-5-7-19(17)22)15(2)23-20(24-21)16-8-9-16/h4-7,16H,3,8-14H2,1-2H3. The molecule has 1 aliphatic carbocycles. The predicted molar refractivity (Wildman–Crippen MR) is 111 cm³/mol. The van der Waals surface area contributed by atoms with E-state index in [1.54, 1.807) is 23.4 Å². The predicted octanol–water partition coefficient (Wildman–Crippen LogP) is 2.86. The summed E-state index contributed by atoms with van der Waals surface area (Å²) in [6.07, 6.45) is 2.63. The van der Waals surface area contributed by atoms with Crippen LogP contribution in [0.4, 0.5) is 10.2 Å². The van der Waals surface area contributed by atoms with Gasteiger partial charge in [0.25, 0.3) is 0 Å². The van der Waals surface area contributed by atoms with Crippen LogP contribution in [-0.2, 0) is 16.4 Å². The highest BCUT2D eigenvalue weighted by atomic mass is 32.2. The van der Waals surface area contributed by atoms with Crippen LogP contribution in [0.1, 0.15) is 48.3 Å². The van der Waals surface area contributed by atoms with Crippen LogP contribution in [0.5, 0.6) is 0 Å². The molecule has 1 aliphatic heterocycles. The molecule has 2 aromatic rings. The highest BCUT2D eigenvalue weighted by molar-refractivity contribution is 7.89. The monoisotopic (exact) mass is 418 g/mol. The zero-order valence-electron chi connectivity index (χ0n) is 16.9. The van der Waals surface area contributed by atoms with E-state index in [2.05, 4.69) is 4.90 Å². The van der Waals surface area contributed by atoms with Crippen molar-refractivity contribution in [2.24, 2.45) is 0 Å². The summed E-state index contributed by atoms with van der Waals surface area (Å²) in [5.74, 6) is 1.98. The summed E-state index contributed by atoms with van der Waals surface area (Å²) in [6, 6.07) is 6.78. The second kappa shape index (κ2) is 7.99. The Balaban J connectivity index is 1.65. The van der Waals surface area contributed by atoms with Crippen molar-refractivity contribution in [3.8, 4) is 0 Å². The molecule has 1 aromatic carbocycles. The molecule has 0 amide bonds. The number of hydrogen-bond donors (Lipinski definition) is 0. The summed E-state index contributed by atoms with van der Waals surface area (Å²) in [7, 11) is -3.19. The molecule has 156 valence electrons. The van der Waals surface area contributed by atoms with Gasteiger partial charge < -0.3 is 4.90 Å². The first-order valence-corrected chi connectivity index (χ1v) is 11.8. The van der Waals surface area contributed by atoms with E-state index in [0.29, 0.717) is 44.1 Å². The molecule has 4 rings (SSSR count). The van der Waals surface area contributed by atoms with Gasteiger partial charge in [-0.2, -0.15) is 4.31 Å². The number of sulfonamides is 1. The van der Waals surface area contributed by atoms with Crippen LogP contribution >= 0.6 is 0 Å². The number of anilines is 1. The van der Waals surface area contributed by atoms with Gasteiger partial charge in [0, 0.05) is 49.8 Å². The normalized spacial score (nSPS) is 18.2. The minimum Gasteiger partial charge on any atom is -0.354 e. The lowest BCUT2D eigenvalue weighted by atomic mass is 10.0. The van der Waals surface area contributed by atoms with Gasteiger partial charge >= 0.3 is 0 Å². The Labute approximate surface area is 171 Å². The minimum absolute atomic E-state index is 0.115. The highest BCUT2D eigenvalue weighted by Crippen LogP contribution is 2.39. The molecule has 8 heteroatoms. The van der Waals surface area contributed by atoms with Crippen molar-refractivity contribution in [3.05, 3.63) is 52.7 Å². The van der Waals surface area contributed by atoms with Crippen LogP contribution in [-0.4, -0.2) is 54.6 Å². The molecule has 2 fully saturated rings. The molecule has 29 heavy (non-hydrogen) atoms. The van der Waals surface area contributed by atoms with Gasteiger partial charge in [0.2, 0.25) is 10.0 Å². The zero-order chi connectivity index (χ0) is 20.6. The Bertz CT molecular complexity index is 1000. The lowest BCUT2D eigenvalue weighted by Crippen LogP contribution is -2.49. The quantitative estimate of drug-likeness (QED) is 0.722. The first kappa shape index (κ1) is 20.2. The van der Waals surface area contributed by atoms with Gasteiger partial charge in [-0.3, -0.25) is 0 Å². The number of aromatic nitrogens is 2. The SMILES string of the molecule is CCS(=O)(=O)N1CCN(c2nc(C3CC3)nc(C)c2Cc2ccccc2F)CC1. The summed E-state index contributed by atoms with van der Waals surface area (Å²) in [4.78, 5) is 11.7. The summed E-state index contributed by atoms with van der Waals surface area (Å²) in [5, 5.41) is 0. The van der Waals surface area contributed by atoms with Crippen molar-refractivity contribution in [2.45, 2.75) is 39.0 Å². The number of piperazine rings is 1. The van der Waals surface area contributed by atoms with Crippen LogP contribution in [0.15, 0.2) is 24.3 Å². The van der Waals surface area contributed by atoms with E-state index < -0.39 is 10.0 Å². The van der Waals surface area contributed by atoms with E-state index in [1.807, 2.05) is 13.0 Å². The molecule has 1 aromatic heterocycles. The third-order valence-electron chi connectivity index (χ3n) is 5.77. The van der Waals surface area contributed by atoms with Crippen molar-refractivity contribution in [3.63, 3.8) is 0 Å². The molecule has 1 saturated carbocycles. The molecule has 0 atom stereocenters. The Morgan fingerprint density at radius 3 is 2.41 bits per heavy atom. The second-order valence-electron chi connectivity index (χ2n) is 7.80. The average Bonchev–Trinajstić information content (AvgIpc) is 3.56. The van der Waals surface area contributed by atoms with Crippen LogP contribution in [0.2, 0.25) is 0 Å². The number of nitrogens with zero attached hydrogens (tertiary/aromatic N) is 4. The van der Waals surface area contributed by atoms with Crippen molar-refractivity contribution in [1.29, 1.82) is 0 Å². The lowest BCUT2D eigenvalue weighted by Gasteiger charge is -2.35. The van der Waals surface area contributed by atoms with E-state index in [9.17, 15) is 12.8 Å². The lowest BCUT2D eigenvalue weighted by molar-refractivity contribution is 0.384. The maximum atomic E-state index is 14.3. The third-order valence-corrected chi connectivity index (χ3v) is 7.65. The molecular formula is C21H27FN4O2S. The van der Waals surface area contributed by atoms with Crippen LogP contribution < -0.4 is 4.90 Å². The van der Waals surface area contributed by atoms with Crippen molar-refractivity contribution in [2.75, 3.05) is 36.8 Å². The van der Waals surface area contributed by atoms with E-state index in [-0.39, 0.29) is 11.6 Å². The van der Waals surface area contributed by atoms with E-state index in [4.69, 9.17) is 9.97 Å². The van der Waals surface area contributed by atoms with Gasteiger partial charge in [-0.25, -0.2) is 22.8 Å². The average molecular weight is 419 g/mol. The zero-order valence-corrected chi connectivity index (χ0v) is 17.8. The van der Waals surface area contributed by atoms with E-state index in [1.165, 1.54) is 6.07 Å². The molecule has 1 saturated heterocycles. The fraction of sp³-hybridized carbons (Fsp3) is 0.524. The maximum absolute atomic E-state index is 14.3. The molecule has 0 N–H and O–H groups in total. The number of hydrogen-bond acceptors (Lipinski definition) is 5. The molecule has 2 heterocycles. The highest BCUT2D eigenvalue weighted by Gasteiger charge is 2.31. The van der Waals surface area contributed by atoms with E-state index in [0.717, 1.165) is 35.7 Å². The van der Waals surface area contributed by atoms with Crippen molar-refractivity contribution in [1.82, 2.24) is 14.3 Å². The molecule has 0 radical (unpaired) electrons. The largest absolute Gasteiger partial charge is 0.354 e. The van der Waals surface area contributed by atoms with Crippen molar-refractivity contribution < 1.29 is 12.8 Å². The van der Waals surface area contributed by atoms with Crippen molar-refractivity contribution >= 4 is 15.8 Å². The number of halogens is 1. The summed E-state index contributed by atoms with van der Waals surface area (Å²) in [6.45, 7) is 5.66. The van der Waals surface area contributed by atoms with Gasteiger partial charge in [0.05, 0.1) is 5.75 Å². The summed E-state index contributed by atoms with van der Waals surface area (Å²) in [5.41, 5.74) is 2.42. The molecule has 2 aliphatic rings. The Morgan fingerprint density at radius 2 is 1.79 bits per heavy atom. The number of rotatable bonds is 6. The number of benzene rings is 1. The van der Waals surface area contributed by atoms with Crippen LogP contribution in [0.3, 0.4) is 0 Å². The van der Waals surface area contributed by atoms with Crippen LogP contribution in [0, 0.1) is 12.7 Å². The van der Waals surface area contributed by atoms with E-state index >= 15 is 0 Å². The van der Waals surface area contributed by atoms with Gasteiger partial charge in [-0.05, 0) is 38.3 Å². The summed E-state index contributed by atoms with van der Waals surface area (Å²) >= 11 is 0.